The van der Waals surface area contributed by atoms with E-state index in [0.29, 0.717) is 12.2 Å². The van der Waals surface area contributed by atoms with Crippen molar-refractivity contribution in [3.8, 4) is 6.07 Å². The van der Waals surface area contributed by atoms with E-state index in [-0.39, 0.29) is 0 Å². The maximum Gasteiger partial charge on any atom is 0.120 e. The van der Waals surface area contributed by atoms with Crippen molar-refractivity contribution in [3.63, 3.8) is 0 Å². The molecule has 0 fully saturated rings. The molecule has 1 rings (SSSR count). The monoisotopic (exact) mass is 135 g/mol. The summed E-state index contributed by atoms with van der Waals surface area (Å²) in [6.45, 7) is 1.29. The molecule has 1 heterocycles. The molecule has 0 spiro atoms. The van der Waals surface area contributed by atoms with Crippen LogP contribution in [0.5, 0.6) is 0 Å². The largest absolute Gasteiger partial charge is 0.338 e. The standard InChI is InChI=1S/C7H9N3/c8-3-5-10-4-1-2-7(10)6-9/h1-2,4H,3,5,8H2. The van der Waals surface area contributed by atoms with Crippen LogP contribution in [0.4, 0.5) is 0 Å². The van der Waals surface area contributed by atoms with E-state index in [1.54, 1.807) is 6.07 Å². The molecule has 0 atom stereocenters. The average Bonchev–Trinajstić information content (AvgIpc) is 2.36. The van der Waals surface area contributed by atoms with Crippen LogP contribution in [-0.2, 0) is 6.54 Å². The van der Waals surface area contributed by atoms with Crippen LogP contribution in [0.3, 0.4) is 0 Å². The third-order valence-corrected chi connectivity index (χ3v) is 1.31. The maximum atomic E-state index is 8.52. The molecular weight excluding hydrogens is 126 g/mol. The van der Waals surface area contributed by atoms with Crippen LogP contribution < -0.4 is 5.73 Å². The van der Waals surface area contributed by atoms with Gasteiger partial charge in [0.25, 0.3) is 0 Å². The second kappa shape index (κ2) is 3.04. The summed E-state index contributed by atoms with van der Waals surface area (Å²) in [5.74, 6) is 0. The Morgan fingerprint density at radius 3 is 3.10 bits per heavy atom. The summed E-state index contributed by atoms with van der Waals surface area (Å²) in [6.07, 6.45) is 1.85. The fraction of sp³-hybridized carbons (Fsp3) is 0.286. The van der Waals surface area contributed by atoms with Crippen LogP contribution in [0.1, 0.15) is 5.69 Å². The minimum atomic E-state index is 0.573. The summed E-state index contributed by atoms with van der Waals surface area (Å²) in [7, 11) is 0. The maximum absolute atomic E-state index is 8.52. The van der Waals surface area contributed by atoms with Gasteiger partial charge in [0.15, 0.2) is 0 Å². The third-order valence-electron chi connectivity index (χ3n) is 1.31. The van der Waals surface area contributed by atoms with Crippen molar-refractivity contribution < 1.29 is 0 Å². The molecule has 10 heavy (non-hydrogen) atoms. The molecule has 2 N–H and O–H groups in total. The number of nitrogens with zero attached hydrogens (tertiary/aromatic N) is 2. The highest BCUT2D eigenvalue weighted by Gasteiger charge is 1.95. The van der Waals surface area contributed by atoms with Gasteiger partial charge in [-0.2, -0.15) is 5.26 Å². The van der Waals surface area contributed by atoms with E-state index in [1.165, 1.54) is 0 Å². The molecule has 3 heteroatoms. The Kier molecular flexibility index (Phi) is 2.08. The lowest BCUT2D eigenvalue weighted by atomic mass is 10.5. The smallest absolute Gasteiger partial charge is 0.120 e. The van der Waals surface area contributed by atoms with Gasteiger partial charge in [0.2, 0.25) is 0 Å². The number of nitrogens with two attached hydrogens (primary N) is 1. The summed E-state index contributed by atoms with van der Waals surface area (Å²) in [4.78, 5) is 0. The molecule has 1 aromatic rings. The third kappa shape index (κ3) is 1.17. The average molecular weight is 135 g/mol. The molecule has 0 saturated carbocycles. The van der Waals surface area contributed by atoms with Crippen molar-refractivity contribution >= 4 is 0 Å². The predicted octanol–water partition coefficient (Wildman–Crippen LogP) is 0.318. The molecule has 0 aromatic carbocycles. The van der Waals surface area contributed by atoms with E-state index in [4.69, 9.17) is 11.0 Å². The van der Waals surface area contributed by atoms with Crippen LogP contribution in [0, 0.1) is 11.3 Å². The van der Waals surface area contributed by atoms with Gasteiger partial charge in [-0.1, -0.05) is 0 Å². The number of aromatic nitrogens is 1. The lowest BCUT2D eigenvalue weighted by molar-refractivity contribution is 0.705. The highest BCUT2D eigenvalue weighted by atomic mass is 15.0. The normalized spacial score (nSPS) is 9.20. The zero-order chi connectivity index (χ0) is 7.40. The van der Waals surface area contributed by atoms with Crippen molar-refractivity contribution in [2.24, 2.45) is 5.73 Å². The molecule has 0 aliphatic carbocycles. The van der Waals surface area contributed by atoms with Gasteiger partial charge in [0.05, 0.1) is 0 Å². The van der Waals surface area contributed by atoms with Gasteiger partial charge in [-0.05, 0) is 12.1 Å². The zero-order valence-corrected chi connectivity index (χ0v) is 5.62. The van der Waals surface area contributed by atoms with Gasteiger partial charge in [-0.15, -0.1) is 0 Å². The van der Waals surface area contributed by atoms with E-state index >= 15 is 0 Å². The summed E-state index contributed by atoms with van der Waals surface area (Å²) in [5, 5.41) is 8.52. The molecule has 52 valence electrons. The minimum Gasteiger partial charge on any atom is -0.338 e. The van der Waals surface area contributed by atoms with Gasteiger partial charge < -0.3 is 10.3 Å². The Bertz CT molecular complexity index is 244. The Morgan fingerprint density at radius 1 is 1.70 bits per heavy atom. The molecule has 0 unspecified atom stereocenters. The van der Waals surface area contributed by atoms with E-state index in [9.17, 15) is 0 Å². The van der Waals surface area contributed by atoms with Gasteiger partial charge >= 0.3 is 0 Å². The predicted molar refractivity (Wildman–Crippen MR) is 38.2 cm³/mol. The van der Waals surface area contributed by atoms with Crippen LogP contribution in [-0.4, -0.2) is 11.1 Å². The Hall–Kier alpha value is -1.27. The van der Waals surface area contributed by atoms with E-state index in [2.05, 4.69) is 6.07 Å². The summed E-state index contributed by atoms with van der Waals surface area (Å²) < 4.78 is 1.83. The van der Waals surface area contributed by atoms with E-state index in [0.717, 1.165) is 6.54 Å². The van der Waals surface area contributed by atoms with Crippen molar-refractivity contribution in [1.29, 1.82) is 5.26 Å². The summed E-state index contributed by atoms with van der Waals surface area (Å²) in [5.41, 5.74) is 5.98. The van der Waals surface area contributed by atoms with Crippen molar-refractivity contribution in [2.45, 2.75) is 6.54 Å². The van der Waals surface area contributed by atoms with Crippen LogP contribution in [0.2, 0.25) is 0 Å². The number of nitriles is 1. The number of hydrogen-bond acceptors (Lipinski definition) is 2. The Morgan fingerprint density at radius 2 is 2.50 bits per heavy atom. The molecule has 0 aliphatic rings. The Balaban J connectivity index is 2.82. The minimum absolute atomic E-state index is 0.573. The SMILES string of the molecule is N#Cc1cccn1CCN. The van der Waals surface area contributed by atoms with Gasteiger partial charge in [-0.25, -0.2) is 0 Å². The van der Waals surface area contributed by atoms with Gasteiger partial charge in [0, 0.05) is 19.3 Å². The second-order valence-corrected chi connectivity index (χ2v) is 1.99. The number of hydrogen-bond donors (Lipinski definition) is 1. The zero-order valence-electron chi connectivity index (χ0n) is 5.62. The van der Waals surface area contributed by atoms with Crippen LogP contribution in [0.15, 0.2) is 18.3 Å². The second-order valence-electron chi connectivity index (χ2n) is 1.99. The highest BCUT2D eigenvalue weighted by molar-refractivity contribution is 5.21. The van der Waals surface area contributed by atoms with E-state index < -0.39 is 0 Å². The number of rotatable bonds is 2. The van der Waals surface area contributed by atoms with Crippen LogP contribution in [0.25, 0.3) is 0 Å². The first-order chi connectivity index (χ1) is 4.88. The molecule has 0 saturated heterocycles. The topological polar surface area (TPSA) is 54.7 Å². The van der Waals surface area contributed by atoms with Crippen molar-refractivity contribution in [3.05, 3.63) is 24.0 Å². The Labute approximate surface area is 59.7 Å². The fourth-order valence-corrected chi connectivity index (χ4v) is 0.850. The first kappa shape index (κ1) is 6.84. The molecular formula is C7H9N3. The van der Waals surface area contributed by atoms with Crippen LogP contribution >= 0.6 is 0 Å². The molecule has 1 aromatic heterocycles. The molecule has 0 amide bonds. The molecule has 3 nitrogen and oxygen atoms in total. The highest BCUT2D eigenvalue weighted by Crippen LogP contribution is 1.98. The lowest BCUT2D eigenvalue weighted by Gasteiger charge is -1.99. The first-order valence-corrected chi connectivity index (χ1v) is 3.14. The first-order valence-electron chi connectivity index (χ1n) is 3.14. The molecule has 0 radical (unpaired) electrons. The lowest BCUT2D eigenvalue weighted by Crippen LogP contribution is -2.09. The molecule has 0 aliphatic heterocycles. The summed E-state index contributed by atoms with van der Waals surface area (Å²) in [6, 6.07) is 5.68. The fourth-order valence-electron chi connectivity index (χ4n) is 0.850. The van der Waals surface area contributed by atoms with Crippen molar-refractivity contribution in [1.82, 2.24) is 4.57 Å². The van der Waals surface area contributed by atoms with Crippen molar-refractivity contribution in [2.75, 3.05) is 6.54 Å². The molecule has 0 bridgehead atoms. The summed E-state index contributed by atoms with van der Waals surface area (Å²) >= 11 is 0. The van der Waals surface area contributed by atoms with Gasteiger partial charge in [-0.3, -0.25) is 0 Å². The van der Waals surface area contributed by atoms with E-state index in [1.807, 2.05) is 16.8 Å². The quantitative estimate of drug-likeness (QED) is 0.634. The van der Waals surface area contributed by atoms with Gasteiger partial charge in [0.1, 0.15) is 11.8 Å².